The first kappa shape index (κ1) is 14.8. The van der Waals surface area contributed by atoms with E-state index in [-0.39, 0.29) is 0 Å². The minimum absolute atomic E-state index is 0.320. The van der Waals surface area contributed by atoms with E-state index in [4.69, 9.17) is 4.74 Å². The third kappa shape index (κ3) is 3.29. The van der Waals surface area contributed by atoms with Gasteiger partial charge < -0.3 is 14.7 Å². The molecule has 2 heterocycles. The molecule has 19 heavy (non-hydrogen) atoms. The molecule has 4 heteroatoms. The van der Waals surface area contributed by atoms with Gasteiger partial charge in [0.15, 0.2) is 0 Å². The van der Waals surface area contributed by atoms with Crippen LogP contribution in [0.15, 0.2) is 0 Å². The Bertz CT molecular complexity index is 329. The summed E-state index contributed by atoms with van der Waals surface area (Å²) in [7, 11) is 0. The molecule has 2 fully saturated rings. The van der Waals surface area contributed by atoms with E-state index in [1.807, 2.05) is 0 Å². The highest BCUT2D eigenvalue weighted by Crippen LogP contribution is 2.37. The summed E-state index contributed by atoms with van der Waals surface area (Å²) in [4.78, 5) is 14.0. The molecule has 2 saturated heterocycles. The molecule has 0 amide bonds. The Morgan fingerprint density at radius 2 is 2.00 bits per heavy atom. The van der Waals surface area contributed by atoms with E-state index in [0.717, 1.165) is 13.1 Å². The van der Waals surface area contributed by atoms with Gasteiger partial charge in [-0.05, 0) is 37.1 Å². The molecule has 2 rings (SSSR count). The maximum absolute atomic E-state index is 11.7. The lowest BCUT2D eigenvalue weighted by molar-refractivity contribution is -0.156. The summed E-state index contributed by atoms with van der Waals surface area (Å²) in [5.41, 5.74) is -0.258. The Morgan fingerprint density at radius 3 is 2.47 bits per heavy atom. The van der Waals surface area contributed by atoms with Crippen LogP contribution in [-0.2, 0) is 9.53 Å². The van der Waals surface area contributed by atoms with E-state index in [2.05, 4.69) is 25.7 Å². The van der Waals surface area contributed by atoms with Crippen molar-refractivity contribution < 1.29 is 14.6 Å². The van der Waals surface area contributed by atoms with Crippen LogP contribution in [0.4, 0.5) is 0 Å². The smallest absolute Gasteiger partial charge is 0.311 e. The Hall–Kier alpha value is -0.610. The first-order chi connectivity index (χ1) is 8.83. The standard InChI is InChI=1S/C15H27NO3/c1-14(2,3)12-4-7-16(10-12)11-15(13(17)18)5-8-19-9-6-15/h12H,4-11H2,1-3H3,(H,17,18). The minimum Gasteiger partial charge on any atom is -0.481 e. The van der Waals surface area contributed by atoms with Gasteiger partial charge in [0.1, 0.15) is 0 Å². The van der Waals surface area contributed by atoms with Crippen molar-refractivity contribution in [3.63, 3.8) is 0 Å². The SMILES string of the molecule is CC(C)(C)C1CCN(CC2(C(=O)O)CCOCC2)C1. The third-order valence-corrected chi connectivity index (χ3v) is 4.93. The van der Waals surface area contributed by atoms with Gasteiger partial charge in [-0.25, -0.2) is 0 Å². The molecular formula is C15H27NO3. The number of carboxylic acids is 1. The van der Waals surface area contributed by atoms with Crippen molar-refractivity contribution in [1.82, 2.24) is 4.90 Å². The molecule has 0 saturated carbocycles. The lowest BCUT2D eigenvalue weighted by Gasteiger charge is -2.36. The zero-order valence-corrected chi connectivity index (χ0v) is 12.4. The molecule has 0 aromatic rings. The van der Waals surface area contributed by atoms with Gasteiger partial charge in [0.25, 0.3) is 0 Å². The normalized spacial score (nSPS) is 28.5. The van der Waals surface area contributed by atoms with Crippen molar-refractivity contribution in [3.8, 4) is 0 Å². The number of nitrogens with zero attached hydrogens (tertiary/aromatic N) is 1. The highest BCUT2D eigenvalue weighted by molar-refractivity contribution is 5.75. The van der Waals surface area contributed by atoms with Gasteiger partial charge in [-0.1, -0.05) is 20.8 Å². The van der Waals surface area contributed by atoms with Crippen LogP contribution in [0, 0.1) is 16.7 Å². The zero-order valence-electron chi connectivity index (χ0n) is 12.4. The van der Waals surface area contributed by atoms with E-state index >= 15 is 0 Å². The first-order valence-corrected chi connectivity index (χ1v) is 7.37. The summed E-state index contributed by atoms with van der Waals surface area (Å²) in [6.07, 6.45) is 2.49. The Morgan fingerprint density at radius 1 is 1.37 bits per heavy atom. The number of carbonyl (C=O) groups is 1. The second-order valence-electron chi connectivity index (χ2n) is 7.28. The summed E-state index contributed by atoms with van der Waals surface area (Å²) in [5.74, 6) is 0.0354. The molecule has 1 atom stereocenters. The maximum atomic E-state index is 11.7. The van der Waals surface area contributed by atoms with Crippen molar-refractivity contribution in [2.45, 2.75) is 40.0 Å². The molecule has 110 valence electrons. The molecule has 0 spiro atoms. The van der Waals surface area contributed by atoms with E-state index in [9.17, 15) is 9.90 Å². The van der Waals surface area contributed by atoms with E-state index in [0.29, 0.717) is 43.9 Å². The molecule has 0 aliphatic carbocycles. The predicted molar refractivity (Wildman–Crippen MR) is 74.1 cm³/mol. The second kappa shape index (κ2) is 5.41. The molecule has 1 unspecified atom stereocenters. The van der Waals surface area contributed by atoms with Crippen LogP contribution in [0.1, 0.15) is 40.0 Å². The molecule has 2 aliphatic heterocycles. The van der Waals surface area contributed by atoms with Gasteiger partial charge in [-0.15, -0.1) is 0 Å². The van der Waals surface area contributed by atoms with Crippen LogP contribution in [0.2, 0.25) is 0 Å². The molecular weight excluding hydrogens is 242 g/mol. The van der Waals surface area contributed by atoms with Crippen molar-refractivity contribution in [2.24, 2.45) is 16.7 Å². The number of likely N-dealkylation sites (tertiary alicyclic amines) is 1. The van der Waals surface area contributed by atoms with Crippen LogP contribution >= 0.6 is 0 Å². The summed E-state index contributed by atoms with van der Waals surface area (Å²) in [6, 6.07) is 0. The quantitative estimate of drug-likeness (QED) is 0.853. The lowest BCUT2D eigenvalue weighted by Crippen LogP contribution is -2.46. The zero-order chi connectivity index (χ0) is 14.1. The average Bonchev–Trinajstić information content (AvgIpc) is 2.78. The highest BCUT2D eigenvalue weighted by Gasteiger charge is 2.43. The topological polar surface area (TPSA) is 49.8 Å². The first-order valence-electron chi connectivity index (χ1n) is 7.37. The molecule has 0 aromatic heterocycles. The van der Waals surface area contributed by atoms with Gasteiger partial charge in [0.2, 0.25) is 0 Å². The van der Waals surface area contributed by atoms with E-state index < -0.39 is 11.4 Å². The van der Waals surface area contributed by atoms with Crippen molar-refractivity contribution >= 4 is 5.97 Å². The van der Waals surface area contributed by atoms with Gasteiger partial charge in [0.05, 0.1) is 5.41 Å². The largest absolute Gasteiger partial charge is 0.481 e. The fourth-order valence-corrected chi connectivity index (χ4v) is 3.31. The minimum atomic E-state index is -0.644. The fraction of sp³-hybridized carbons (Fsp3) is 0.933. The van der Waals surface area contributed by atoms with E-state index in [1.165, 1.54) is 6.42 Å². The predicted octanol–water partition coefficient (Wildman–Crippen LogP) is 2.24. The number of ether oxygens (including phenoxy) is 1. The lowest BCUT2D eigenvalue weighted by atomic mass is 9.79. The fourth-order valence-electron chi connectivity index (χ4n) is 3.31. The summed E-state index contributed by atoms with van der Waals surface area (Å²) >= 11 is 0. The van der Waals surface area contributed by atoms with Crippen LogP contribution < -0.4 is 0 Å². The van der Waals surface area contributed by atoms with Crippen LogP contribution in [0.5, 0.6) is 0 Å². The van der Waals surface area contributed by atoms with E-state index in [1.54, 1.807) is 0 Å². The number of hydrogen-bond acceptors (Lipinski definition) is 3. The van der Waals surface area contributed by atoms with Crippen LogP contribution in [-0.4, -0.2) is 48.8 Å². The van der Waals surface area contributed by atoms with Gasteiger partial charge in [-0.3, -0.25) is 4.79 Å². The summed E-state index contributed by atoms with van der Waals surface area (Å²) in [6.45, 7) is 10.8. The Balaban J connectivity index is 1.98. The van der Waals surface area contributed by atoms with Gasteiger partial charge in [-0.2, -0.15) is 0 Å². The number of hydrogen-bond donors (Lipinski definition) is 1. The molecule has 1 N–H and O–H groups in total. The number of aliphatic carboxylic acids is 1. The van der Waals surface area contributed by atoms with Gasteiger partial charge >= 0.3 is 5.97 Å². The summed E-state index contributed by atoms with van der Waals surface area (Å²) in [5, 5.41) is 9.59. The number of carboxylic acid groups (broad SMARTS) is 1. The molecule has 2 aliphatic rings. The third-order valence-electron chi connectivity index (χ3n) is 4.93. The maximum Gasteiger partial charge on any atom is 0.311 e. The highest BCUT2D eigenvalue weighted by atomic mass is 16.5. The second-order valence-corrected chi connectivity index (χ2v) is 7.28. The van der Waals surface area contributed by atoms with Crippen LogP contribution in [0.3, 0.4) is 0 Å². The summed E-state index contributed by atoms with van der Waals surface area (Å²) < 4.78 is 5.33. The van der Waals surface area contributed by atoms with Gasteiger partial charge in [0, 0.05) is 26.3 Å². The molecule has 4 nitrogen and oxygen atoms in total. The van der Waals surface area contributed by atoms with Crippen molar-refractivity contribution in [2.75, 3.05) is 32.8 Å². The molecule has 0 bridgehead atoms. The molecule has 0 radical (unpaired) electrons. The van der Waals surface area contributed by atoms with Crippen molar-refractivity contribution in [3.05, 3.63) is 0 Å². The Labute approximate surface area is 116 Å². The number of rotatable bonds is 3. The monoisotopic (exact) mass is 269 g/mol. The van der Waals surface area contributed by atoms with Crippen molar-refractivity contribution in [1.29, 1.82) is 0 Å². The molecule has 0 aromatic carbocycles. The van der Waals surface area contributed by atoms with Crippen LogP contribution in [0.25, 0.3) is 0 Å². The Kier molecular flexibility index (Phi) is 4.21. The average molecular weight is 269 g/mol.